The van der Waals surface area contributed by atoms with Gasteiger partial charge in [0.25, 0.3) is 0 Å². The lowest BCUT2D eigenvalue weighted by molar-refractivity contribution is 0.104. The van der Waals surface area contributed by atoms with Gasteiger partial charge in [-0.1, -0.05) is 57.9 Å². The molecule has 3 rings (SSSR count). The third-order valence-electron chi connectivity index (χ3n) is 4.31. The lowest BCUT2D eigenvalue weighted by Crippen LogP contribution is -2.00. The molecule has 0 spiro atoms. The lowest BCUT2D eigenvalue weighted by Gasteiger charge is -2.12. The van der Waals surface area contributed by atoms with Gasteiger partial charge in [0, 0.05) is 15.6 Å². The zero-order chi connectivity index (χ0) is 20.8. The van der Waals surface area contributed by atoms with Gasteiger partial charge in [-0.05, 0) is 60.5 Å². The van der Waals surface area contributed by atoms with Crippen molar-refractivity contribution in [2.45, 2.75) is 13.5 Å². The molecular formula is C24H20BrClO3. The van der Waals surface area contributed by atoms with Gasteiger partial charge in [0.15, 0.2) is 5.78 Å². The van der Waals surface area contributed by atoms with Crippen LogP contribution in [-0.4, -0.2) is 12.9 Å². The lowest BCUT2D eigenvalue weighted by atomic mass is 10.1. The zero-order valence-electron chi connectivity index (χ0n) is 16.1. The van der Waals surface area contributed by atoms with E-state index in [1.54, 1.807) is 31.4 Å². The summed E-state index contributed by atoms with van der Waals surface area (Å²) in [4.78, 5) is 12.4. The van der Waals surface area contributed by atoms with Crippen molar-refractivity contribution >= 4 is 39.4 Å². The summed E-state index contributed by atoms with van der Waals surface area (Å²) in [6, 6.07) is 18.7. The van der Waals surface area contributed by atoms with Gasteiger partial charge in [0.1, 0.15) is 18.1 Å². The monoisotopic (exact) mass is 470 g/mol. The molecule has 0 aliphatic rings. The first kappa shape index (κ1) is 21.2. The summed E-state index contributed by atoms with van der Waals surface area (Å²) in [6.07, 6.45) is 3.34. The highest BCUT2D eigenvalue weighted by atomic mass is 79.9. The number of aryl methyl sites for hydroxylation is 1. The quantitative estimate of drug-likeness (QED) is 0.278. The van der Waals surface area contributed by atoms with Crippen molar-refractivity contribution in [3.8, 4) is 11.5 Å². The Labute approximate surface area is 184 Å². The highest BCUT2D eigenvalue weighted by Gasteiger charge is 2.08. The van der Waals surface area contributed by atoms with Gasteiger partial charge in [-0.15, -0.1) is 0 Å². The number of benzene rings is 3. The Morgan fingerprint density at radius 1 is 1.07 bits per heavy atom. The summed E-state index contributed by atoms with van der Waals surface area (Å²) < 4.78 is 12.2. The standard InChI is InChI=1S/C24H20BrClO3/c1-16-6-10-24(21(26)12-16)29-15-19-13-17(8-11-23(19)28-2)7-9-22(27)18-4-3-5-20(25)14-18/h3-14H,15H2,1-2H3/b9-7+. The molecular weight excluding hydrogens is 452 g/mol. The molecule has 0 bridgehead atoms. The number of allylic oxidation sites excluding steroid dienone is 1. The number of halogens is 2. The maximum atomic E-state index is 12.4. The van der Waals surface area contributed by atoms with Crippen molar-refractivity contribution in [3.05, 3.63) is 98.5 Å². The molecule has 0 aliphatic heterocycles. The number of methoxy groups -OCH3 is 1. The van der Waals surface area contributed by atoms with Gasteiger partial charge in [-0.2, -0.15) is 0 Å². The summed E-state index contributed by atoms with van der Waals surface area (Å²) in [5.74, 6) is 1.26. The first-order chi connectivity index (χ1) is 14.0. The number of hydrogen-bond acceptors (Lipinski definition) is 3. The van der Waals surface area contributed by atoms with Crippen molar-refractivity contribution < 1.29 is 14.3 Å². The van der Waals surface area contributed by atoms with Gasteiger partial charge in [-0.25, -0.2) is 0 Å². The van der Waals surface area contributed by atoms with Gasteiger partial charge in [0.2, 0.25) is 0 Å². The third kappa shape index (κ3) is 5.72. The van der Waals surface area contributed by atoms with Crippen LogP contribution in [0.25, 0.3) is 6.08 Å². The summed E-state index contributed by atoms with van der Waals surface area (Å²) in [5, 5.41) is 0.569. The van der Waals surface area contributed by atoms with E-state index in [0.29, 0.717) is 28.7 Å². The highest BCUT2D eigenvalue weighted by molar-refractivity contribution is 9.10. The van der Waals surface area contributed by atoms with Gasteiger partial charge in [0.05, 0.1) is 12.1 Å². The minimum absolute atomic E-state index is 0.0636. The molecule has 5 heteroatoms. The topological polar surface area (TPSA) is 35.5 Å². The van der Waals surface area contributed by atoms with Crippen LogP contribution in [0.5, 0.6) is 11.5 Å². The number of carbonyl (C=O) groups is 1. The molecule has 0 aliphatic carbocycles. The van der Waals surface area contributed by atoms with E-state index in [2.05, 4.69) is 15.9 Å². The molecule has 0 radical (unpaired) electrons. The molecule has 3 nitrogen and oxygen atoms in total. The molecule has 3 aromatic rings. The zero-order valence-corrected chi connectivity index (χ0v) is 18.5. The molecule has 0 saturated carbocycles. The van der Waals surface area contributed by atoms with Crippen LogP contribution in [0, 0.1) is 6.92 Å². The third-order valence-corrected chi connectivity index (χ3v) is 5.10. The maximum Gasteiger partial charge on any atom is 0.185 e. The van der Waals surface area contributed by atoms with Crippen molar-refractivity contribution in [2.24, 2.45) is 0 Å². The number of ether oxygens (including phenoxy) is 2. The molecule has 0 unspecified atom stereocenters. The molecule has 3 aromatic carbocycles. The molecule has 29 heavy (non-hydrogen) atoms. The van der Waals surface area contributed by atoms with Gasteiger partial charge >= 0.3 is 0 Å². The van der Waals surface area contributed by atoms with E-state index >= 15 is 0 Å². The molecule has 0 atom stereocenters. The van der Waals surface area contributed by atoms with Crippen molar-refractivity contribution in [1.82, 2.24) is 0 Å². The van der Waals surface area contributed by atoms with Crippen LogP contribution in [0.2, 0.25) is 5.02 Å². The smallest absolute Gasteiger partial charge is 0.185 e. The normalized spacial score (nSPS) is 10.9. The number of hydrogen-bond donors (Lipinski definition) is 0. The SMILES string of the molecule is COc1ccc(/C=C/C(=O)c2cccc(Br)c2)cc1COc1ccc(C)cc1Cl. The fourth-order valence-electron chi connectivity index (χ4n) is 2.80. The molecule has 0 amide bonds. The summed E-state index contributed by atoms with van der Waals surface area (Å²) in [6.45, 7) is 2.27. The Balaban J connectivity index is 1.76. The second-order valence-corrected chi connectivity index (χ2v) is 7.82. The Morgan fingerprint density at radius 3 is 2.59 bits per heavy atom. The van der Waals surface area contributed by atoms with Crippen molar-refractivity contribution in [3.63, 3.8) is 0 Å². The fourth-order valence-corrected chi connectivity index (χ4v) is 3.49. The van der Waals surface area contributed by atoms with E-state index in [4.69, 9.17) is 21.1 Å². The van der Waals surface area contributed by atoms with E-state index in [1.807, 2.05) is 55.5 Å². The van der Waals surface area contributed by atoms with Gasteiger partial charge in [-0.3, -0.25) is 4.79 Å². The second-order valence-electron chi connectivity index (χ2n) is 6.50. The van der Waals surface area contributed by atoms with Crippen LogP contribution in [0.3, 0.4) is 0 Å². The van der Waals surface area contributed by atoms with Crippen LogP contribution >= 0.6 is 27.5 Å². The predicted octanol–water partition coefficient (Wildman–Crippen LogP) is 6.89. The number of rotatable bonds is 7. The van der Waals surface area contributed by atoms with E-state index in [0.717, 1.165) is 21.2 Å². The van der Waals surface area contributed by atoms with Crippen molar-refractivity contribution in [1.29, 1.82) is 0 Å². The summed E-state index contributed by atoms with van der Waals surface area (Å²) in [5.41, 5.74) is 3.44. The van der Waals surface area contributed by atoms with Gasteiger partial charge < -0.3 is 9.47 Å². The summed E-state index contributed by atoms with van der Waals surface area (Å²) >= 11 is 9.63. The van der Waals surface area contributed by atoms with E-state index in [1.165, 1.54) is 0 Å². The molecule has 0 saturated heterocycles. The Kier molecular flexibility index (Phi) is 7.13. The summed E-state index contributed by atoms with van der Waals surface area (Å²) in [7, 11) is 1.62. The van der Waals surface area contributed by atoms with Crippen LogP contribution in [0.15, 0.2) is 71.2 Å². The minimum atomic E-state index is -0.0636. The molecule has 0 aromatic heterocycles. The van der Waals surface area contributed by atoms with E-state index in [-0.39, 0.29) is 5.78 Å². The maximum absolute atomic E-state index is 12.4. The van der Waals surface area contributed by atoms with E-state index < -0.39 is 0 Å². The first-order valence-electron chi connectivity index (χ1n) is 9.00. The molecule has 148 valence electrons. The average molecular weight is 472 g/mol. The minimum Gasteiger partial charge on any atom is -0.496 e. The molecule has 0 fully saturated rings. The van der Waals surface area contributed by atoms with Crippen molar-refractivity contribution in [2.75, 3.05) is 7.11 Å². The first-order valence-corrected chi connectivity index (χ1v) is 10.2. The van der Waals surface area contributed by atoms with Crippen LogP contribution in [-0.2, 0) is 6.61 Å². The largest absolute Gasteiger partial charge is 0.496 e. The van der Waals surface area contributed by atoms with Crippen LogP contribution in [0.4, 0.5) is 0 Å². The van der Waals surface area contributed by atoms with Crippen LogP contribution < -0.4 is 9.47 Å². The highest BCUT2D eigenvalue weighted by Crippen LogP contribution is 2.28. The van der Waals surface area contributed by atoms with Crippen LogP contribution in [0.1, 0.15) is 27.0 Å². The Morgan fingerprint density at radius 2 is 1.86 bits per heavy atom. The number of ketones is 1. The predicted molar refractivity (Wildman–Crippen MR) is 121 cm³/mol. The molecule has 0 heterocycles. The molecule has 0 N–H and O–H groups in total. The Bertz CT molecular complexity index is 1060. The fraction of sp³-hybridized carbons (Fsp3) is 0.125. The van der Waals surface area contributed by atoms with E-state index in [9.17, 15) is 4.79 Å². The number of carbonyl (C=O) groups excluding carboxylic acids is 1. The Hall–Kier alpha value is -2.56. The second kappa shape index (κ2) is 9.77. The average Bonchev–Trinajstić information content (AvgIpc) is 2.71.